The third kappa shape index (κ3) is 3.88. The molecule has 0 N–H and O–H groups in total. The van der Waals surface area contributed by atoms with Crippen molar-refractivity contribution in [1.82, 2.24) is 0 Å². The van der Waals surface area contributed by atoms with Crippen LogP contribution in [0, 0.1) is 35.5 Å². The fraction of sp³-hybridized carbons (Fsp3) is 1.00. The Morgan fingerprint density at radius 3 is 2.33 bits per heavy atom. The summed E-state index contributed by atoms with van der Waals surface area (Å²) in [4.78, 5) is 0. The second-order valence-corrected chi connectivity index (χ2v) is 4.33. The molecule has 0 aliphatic heterocycles. The van der Waals surface area contributed by atoms with Gasteiger partial charge < -0.3 is 0 Å². The summed E-state index contributed by atoms with van der Waals surface area (Å²) >= 11 is 2.43. The van der Waals surface area contributed by atoms with Gasteiger partial charge in [0.05, 0.1) is 0 Å². The first-order chi connectivity index (χ1) is 2.81. The Balaban J connectivity index is 2.75. The van der Waals surface area contributed by atoms with E-state index in [4.69, 9.17) is 0 Å². The zero-order chi connectivity index (χ0) is 4.99. The average molecular weight is 252 g/mol. The van der Waals surface area contributed by atoms with Gasteiger partial charge in [0.15, 0.2) is 0 Å². The molecule has 0 aromatic carbocycles. The molecule has 0 nitrogen and oxygen atoms in total. The van der Waals surface area contributed by atoms with Crippen LogP contribution in [0.25, 0.3) is 0 Å². The molecule has 0 rings (SSSR count). The first-order valence-corrected chi connectivity index (χ1v) is 6.08. The average Bonchev–Trinajstić information content (AvgIpc) is 1.65. The second kappa shape index (κ2) is 4.85. The Kier molecular flexibility index (Phi) is 6.23. The quantitative estimate of drug-likeness (QED) is 0.658. The first-order valence-electron chi connectivity index (χ1n) is 2.14. The van der Waals surface area contributed by atoms with Crippen LogP contribution in [0.2, 0.25) is 0 Å². The Morgan fingerprint density at radius 2 is 2.33 bits per heavy atom. The van der Waals surface area contributed by atoms with Gasteiger partial charge >= 0.3 is 65.3 Å². The maximum absolute atomic E-state index is 2.43. The molecule has 6 heavy (non-hydrogen) atoms. The summed E-state index contributed by atoms with van der Waals surface area (Å²) < 4.78 is 1.10. The van der Waals surface area contributed by atoms with Crippen molar-refractivity contribution < 1.29 is 35.5 Å². The van der Waals surface area contributed by atoms with E-state index in [0.29, 0.717) is 0 Å². The van der Waals surface area contributed by atoms with Crippen molar-refractivity contribution in [1.29, 1.82) is 0 Å². The van der Waals surface area contributed by atoms with Crippen LogP contribution in [0.4, 0.5) is 0 Å². The van der Waals surface area contributed by atoms with Crippen LogP contribution < -0.4 is 0 Å². The predicted octanol–water partition coefficient (Wildman–Crippen LogP) is 1.93. The van der Waals surface area contributed by atoms with E-state index in [-0.39, 0.29) is 0 Å². The van der Waals surface area contributed by atoms with Crippen LogP contribution in [-0.4, -0.2) is 5.66 Å². The normalized spacial score (nSPS) is 16.7. The number of hydrogen-bond acceptors (Lipinski definition) is 0. The Bertz CT molecular complexity index is 26.7. The zero-order valence-electron chi connectivity index (χ0n) is 4.10. The molecule has 0 saturated heterocycles. The van der Waals surface area contributed by atoms with E-state index < -0.39 is 0 Å². The molecule has 0 heterocycles. The van der Waals surface area contributed by atoms with Crippen molar-refractivity contribution in [3.05, 3.63) is 0 Å². The molecule has 0 fully saturated rings. The van der Waals surface area contributed by atoms with Crippen molar-refractivity contribution in [2.45, 2.75) is 25.9 Å². The Labute approximate surface area is 64.7 Å². The van der Waals surface area contributed by atoms with Gasteiger partial charge in [-0.15, -0.1) is 0 Å². The summed E-state index contributed by atoms with van der Waals surface area (Å²) in [5.41, 5.74) is 0.951. The first kappa shape index (κ1) is 7.70. The molecular weight excluding hydrogens is 242 g/mol. The molecule has 2 heteroatoms. The van der Waals surface area contributed by atoms with Crippen LogP contribution in [-0.2, 0) is 0 Å². The van der Waals surface area contributed by atoms with Gasteiger partial charge in [-0.3, -0.25) is 0 Å². The fourth-order valence-electron chi connectivity index (χ4n) is 0.0645. The summed E-state index contributed by atoms with van der Waals surface area (Å²) in [5.74, 6) is 0. The van der Waals surface area contributed by atoms with Crippen LogP contribution >= 0.6 is 3.92 Å². The van der Waals surface area contributed by atoms with Crippen molar-refractivity contribution in [2.75, 3.05) is 0 Å². The minimum atomic E-state index is 0.951. The second-order valence-electron chi connectivity index (χ2n) is 1.40. The van der Waals surface area contributed by atoms with Gasteiger partial charge in [0, 0.05) is 0 Å². The molecule has 0 bridgehead atoms. The van der Waals surface area contributed by atoms with E-state index in [2.05, 4.69) is 49.3 Å². The van der Waals surface area contributed by atoms with Gasteiger partial charge in [-0.05, 0) is 0 Å². The molecule has 0 radical (unpaired) electrons. The molecule has 0 aromatic heterocycles. The van der Waals surface area contributed by atoms with Gasteiger partial charge in [0.1, 0.15) is 0 Å². The standard InChI is InChI=1S/C4H10P.Dy/c1-3-4(2)5;/h4-5H,3H2,1-2H3;/q-1;+1. The Morgan fingerprint density at radius 1 is 1.83 bits per heavy atom. The molecular formula is C4H10DyP. The van der Waals surface area contributed by atoms with Crippen LogP contribution in [0.3, 0.4) is 0 Å². The Hall–Kier alpha value is 1.70. The predicted molar refractivity (Wildman–Crippen MR) is 28.1 cm³/mol. The van der Waals surface area contributed by atoms with Crippen LogP contribution in [0.15, 0.2) is 0 Å². The summed E-state index contributed by atoms with van der Waals surface area (Å²) in [6, 6.07) is 0. The van der Waals surface area contributed by atoms with Gasteiger partial charge in [0.2, 0.25) is 0 Å². The van der Waals surface area contributed by atoms with Gasteiger partial charge in [-0.25, -0.2) is 0 Å². The van der Waals surface area contributed by atoms with Crippen LogP contribution in [0.5, 0.6) is 0 Å². The molecule has 0 aliphatic rings. The molecule has 0 amide bonds. The van der Waals surface area contributed by atoms with E-state index in [1.807, 2.05) is 0 Å². The fourth-order valence-corrected chi connectivity index (χ4v) is 1.44. The van der Waals surface area contributed by atoms with Gasteiger partial charge in [0.25, 0.3) is 0 Å². The molecule has 0 spiro atoms. The third-order valence-corrected chi connectivity index (χ3v) is 4.49. The number of hydrogen-bond donors (Lipinski definition) is 0. The monoisotopic (exact) mass is 253 g/mol. The van der Waals surface area contributed by atoms with Crippen molar-refractivity contribution >= 4 is 3.92 Å². The molecule has 0 saturated carbocycles. The maximum atomic E-state index is 2.43. The molecule has 0 aliphatic carbocycles. The molecule has 0 aromatic rings. The van der Waals surface area contributed by atoms with Crippen molar-refractivity contribution in [2.24, 2.45) is 0 Å². The summed E-state index contributed by atoms with van der Waals surface area (Å²) in [5, 5.41) is 0. The van der Waals surface area contributed by atoms with E-state index in [1.165, 1.54) is 6.42 Å². The summed E-state index contributed by atoms with van der Waals surface area (Å²) in [7, 11) is 0. The van der Waals surface area contributed by atoms with E-state index in [1.54, 1.807) is 0 Å². The summed E-state index contributed by atoms with van der Waals surface area (Å²) in [6.45, 7) is 4.52. The third-order valence-electron chi connectivity index (χ3n) is 0.768. The van der Waals surface area contributed by atoms with Crippen molar-refractivity contribution in [3.8, 4) is 0 Å². The van der Waals surface area contributed by atoms with Crippen molar-refractivity contribution in [3.63, 3.8) is 0 Å². The van der Waals surface area contributed by atoms with Gasteiger partial charge in [-0.1, -0.05) is 0 Å². The molecule has 2 atom stereocenters. The summed E-state index contributed by atoms with van der Waals surface area (Å²) in [6.07, 6.45) is 1.34. The van der Waals surface area contributed by atoms with E-state index in [9.17, 15) is 0 Å². The minimum absolute atomic E-state index is 0.951. The number of rotatable bonds is 2. The molecule has 41 valence electrons. The van der Waals surface area contributed by atoms with Crippen LogP contribution in [0.1, 0.15) is 20.3 Å². The topological polar surface area (TPSA) is 0 Å². The van der Waals surface area contributed by atoms with E-state index in [0.717, 1.165) is 9.58 Å². The van der Waals surface area contributed by atoms with E-state index >= 15 is 0 Å². The van der Waals surface area contributed by atoms with Gasteiger partial charge in [-0.2, -0.15) is 0 Å². The SMILES string of the molecule is CCC(C)[PH][Dy]. The molecule has 2 unspecified atom stereocenters. The zero-order valence-corrected chi connectivity index (χ0v) is 7.13.